The minimum Gasteiger partial charge on any atom is -0.492 e. The van der Waals surface area contributed by atoms with Crippen LogP contribution in [0.15, 0.2) is 48.5 Å². The highest BCUT2D eigenvalue weighted by Crippen LogP contribution is 2.40. The number of benzene rings is 2. The molecule has 2 aliphatic rings. The van der Waals surface area contributed by atoms with E-state index in [2.05, 4.69) is 23.5 Å². The van der Waals surface area contributed by atoms with Crippen LogP contribution in [-0.2, 0) is 9.53 Å². The predicted octanol–water partition coefficient (Wildman–Crippen LogP) is 2.80. The molecule has 0 saturated carbocycles. The van der Waals surface area contributed by atoms with Crippen LogP contribution in [-0.4, -0.2) is 31.3 Å². The number of hydrogen-bond acceptors (Lipinski definition) is 4. The SMILES string of the molecule is NC1(C(=O)NC2CCOc3c(-c4ccccc4)cccc32)CCOCC1. The normalized spacial score (nSPS) is 21.3. The Balaban J connectivity index is 1.61. The van der Waals surface area contributed by atoms with Gasteiger partial charge in [-0.25, -0.2) is 0 Å². The van der Waals surface area contributed by atoms with Crippen molar-refractivity contribution in [3.05, 3.63) is 54.1 Å². The topological polar surface area (TPSA) is 73.6 Å². The van der Waals surface area contributed by atoms with E-state index >= 15 is 0 Å². The van der Waals surface area contributed by atoms with Crippen LogP contribution >= 0.6 is 0 Å². The van der Waals surface area contributed by atoms with Gasteiger partial charge in [0, 0.05) is 30.8 Å². The van der Waals surface area contributed by atoms with E-state index in [-0.39, 0.29) is 11.9 Å². The van der Waals surface area contributed by atoms with Gasteiger partial charge in [-0.1, -0.05) is 48.5 Å². The Morgan fingerprint density at radius 1 is 1.04 bits per heavy atom. The summed E-state index contributed by atoms with van der Waals surface area (Å²) < 4.78 is 11.3. The van der Waals surface area contributed by atoms with Crippen molar-refractivity contribution in [1.29, 1.82) is 0 Å². The molecule has 5 nitrogen and oxygen atoms in total. The number of fused-ring (bicyclic) bond motifs is 1. The van der Waals surface area contributed by atoms with E-state index in [0.717, 1.165) is 28.9 Å². The molecule has 136 valence electrons. The lowest BCUT2D eigenvalue weighted by atomic mass is 9.88. The number of para-hydroxylation sites is 1. The van der Waals surface area contributed by atoms with Gasteiger partial charge < -0.3 is 20.5 Å². The Bertz CT molecular complexity index is 785. The molecule has 0 bridgehead atoms. The molecular weight excluding hydrogens is 328 g/mol. The maximum Gasteiger partial charge on any atom is 0.240 e. The van der Waals surface area contributed by atoms with E-state index in [0.29, 0.717) is 32.7 Å². The molecule has 4 rings (SSSR count). The zero-order chi connectivity index (χ0) is 18.0. The lowest BCUT2D eigenvalue weighted by molar-refractivity contribution is -0.130. The predicted molar refractivity (Wildman–Crippen MR) is 99.8 cm³/mol. The standard InChI is InChI=1S/C21H24N2O3/c22-21(10-13-25-14-11-21)20(24)23-18-9-12-26-19-16(7-4-8-17(18)19)15-5-2-1-3-6-15/h1-8,18H,9-14,22H2,(H,23,24). The van der Waals surface area contributed by atoms with Crippen molar-refractivity contribution in [2.24, 2.45) is 5.73 Å². The third kappa shape index (κ3) is 3.20. The first kappa shape index (κ1) is 17.1. The molecule has 1 amide bonds. The first-order valence-electron chi connectivity index (χ1n) is 9.16. The van der Waals surface area contributed by atoms with Crippen LogP contribution in [0, 0.1) is 0 Å². The van der Waals surface area contributed by atoms with Crippen LogP contribution in [0.25, 0.3) is 11.1 Å². The molecule has 0 aromatic heterocycles. The van der Waals surface area contributed by atoms with Gasteiger partial charge in [0.15, 0.2) is 0 Å². The van der Waals surface area contributed by atoms with Gasteiger partial charge in [0.05, 0.1) is 18.2 Å². The summed E-state index contributed by atoms with van der Waals surface area (Å²) in [6, 6.07) is 16.2. The molecule has 1 atom stereocenters. The maximum absolute atomic E-state index is 12.8. The van der Waals surface area contributed by atoms with Crippen molar-refractivity contribution in [3.8, 4) is 16.9 Å². The first-order valence-corrected chi connectivity index (χ1v) is 9.16. The third-order valence-corrected chi connectivity index (χ3v) is 5.30. The second kappa shape index (κ2) is 7.09. The Morgan fingerprint density at radius 3 is 2.58 bits per heavy atom. The van der Waals surface area contributed by atoms with Crippen molar-refractivity contribution in [2.75, 3.05) is 19.8 Å². The van der Waals surface area contributed by atoms with Gasteiger partial charge >= 0.3 is 0 Å². The zero-order valence-corrected chi connectivity index (χ0v) is 14.7. The van der Waals surface area contributed by atoms with E-state index in [9.17, 15) is 4.79 Å². The molecule has 2 aromatic rings. The molecule has 1 fully saturated rings. The summed E-state index contributed by atoms with van der Waals surface area (Å²) >= 11 is 0. The van der Waals surface area contributed by atoms with Crippen LogP contribution in [0.5, 0.6) is 5.75 Å². The summed E-state index contributed by atoms with van der Waals surface area (Å²) in [5.41, 5.74) is 8.67. The minimum absolute atomic E-state index is 0.0850. The molecular formula is C21H24N2O3. The van der Waals surface area contributed by atoms with Gasteiger partial charge in [0.1, 0.15) is 5.75 Å². The van der Waals surface area contributed by atoms with Gasteiger partial charge in [-0.05, 0) is 18.4 Å². The van der Waals surface area contributed by atoms with Crippen LogP contribution in [0.3, 0.4) is 0 Å². The molecule has 0 radical (unpaired) electrons. The molecule has 0 spiro atoms. The number of nitrogens with one attached hydrogen (secondary N) is 1. The third-order valence-electron chi connectivity index (χ3n) is 5.30. The fourth-order valence-electron chi connectivity index (χ4n) is 3.68. The maximum atomic E-state index is 12.8. The molecule has 1 unspecified atom stereocenters. The van der Waals surface area contributed by atoms with E-state index in [1.165, 1.54) is 0 Å². The second-order valence-electron chi connectivity index (χ2n) is 7.02. The first-order chi connectivity index (χ1) is 12.7. The smallest absolute Gasteiger partial charge is 0.240 e. The summed E-state index contributed by atoms with van der Waals surface area (Å²) in [6.45, 7) is 1.64. The number of amides is 1. The highest BCUT2D eigenvalue weighted by Gasteiger charge is 2.38. The lowest BCUT2D eigenvalue weighted by Crippen LogP contribution is -2.57. The van der Waals surface area contributed by atoms with Gasteiger partial charge in [0.25, 0.3) is 0 Å². The molecule has 3 N–H and O–H groups in total. The van der Waals surface area contributed by atoms with Crippen LogP contribution in [0.2, 0.25) is 0 Å². The van der Waals surface area contributed by atoms with Crippen molar-refractivity contribution in [2.45, 2.75) is 30.8 Å². The molecule has 26 heavy (non-hydrogen) atoms. The summed E-state index contributed by atoms with van der Waals surface area (Å²) in [5, 5.41) is 3.16. The summed E-state index contributed by atoms with van der Waals surface area (Å²) in [5.74, 6) is 0.761. The monoisotopic (exact) mass is 352 g/mol. The molecule has 1 saturated heterocycles. The number of carbonyl (C=O) groups is 1. The number of rotatable bonds is 3. The molecule has 5 heteroatoms. The number of hydrogen-bond donors (Lipinski definition) is 2. The minimum atomic E-state index is -0.840. The zero-order valence-electron chi connectivity index (χ0n) is 14.7. The average Bonchev–Trinajstić information content (AvgIpc) is 2.69. The summed E-state index contributed by atoms with van der Waals surface area (Å²) in [7, 11) is 0. The quantitative estimate of drug-likeness (QED) is 0.891. The van der Waals surface area contributed by atoms with Crippen molar-refractivity contribution >= 4 is 5.91 Å². The van der Waals surface area contributed by atoms with Crippen LogP contribution in [0.1, 0.15) is 30.9 Å². The van der Waals surface area contributed by atoms with E-state index in [1.54, 1.807) is 0 Å². The average molecular weight is 352 g/mol. The largest absolute Gasteiger partial charge is 0.492 e. The van der Waals surface area contributed by atoms with Crippen LogP contribution in [0.4, 0.5) is 0 Å². The molecule has 2 heterocycles. The summed E-state index contributed by atoms with van der Waals surface area (Å²) in [4.78, 5) is 12.8. The van der Waals surface area contributed by atoms with Gasteiger partial charge in [0.2, 0.25) is 5.91 Å². The lowest BCUT2D eigenvalue weighted by Gasteiger charge is -2.35. The Hall–Kier alpha value is -2.37. The second-order valence-corrected chi connectivity index (χ2v) is 7.02. The molecule has 0 aliphatic carbocycles. The Kier molecular flexibility index (Phi) is 4.66. The van der Waals surface area contributed by atoms with Gasteiger partial charge in [-0.3, -0.25) is 4.79 Å². The van der Waals surface area contributed by atoms with E-state index in [1.807, 2.05) is 30.3 Å². The van der Waals surface area contributed by atoms with Gasteiger partial charge in [-0.2, -0.15) is 0 Å². The number of carbonyl (C=O) groups excluding carboxylic acids is 1. The van der Waals surface area contributed by atoms with E-state index in [4.69, 9.17) is 15.2 Å². The Labute approximate surface area is 153 Å². The summed E-state index contributed by atoms with van der Waals surface area (Å²) in [6.07, 6.45) is 1.85. The van der Waals surface area contributed by atoms with Crippen molar-refractivity contribution < 1.29 is 14.3 Å². The van der Waals surface area contributed by atoms with Crippen molar-refractivity contribution in [3.63, 3.8) is 0 Å². The highest BCUT2D eigenvalue weighted by molar-refractivity contribution is 5.87. The van der Waals surface area contributed by atoms with Crippen LogP contribution < -0.4 is 15.8 Å². The molecule has 2 aliphatic heterocycles. The number of nitrogens with two attached hydrogens (primary N) is 1. The van der Waals surface area contributed by atoms with Gasteiger partial charge in [-0.15, -0.1) is 0 Å². The molecule has 2 aromatic carbocycles. The number of ether oxygens (including phenoxy) is 2. The van der Waals surface area contributed by atoms with E-state index < -0.39 is 5.54 Å². The fraction of sp³-hybridized carbons (Fsp3) is 0.381. The van der Waals surface area contributed by atoms with Crippen molar-refractivity contribution in [1.82, 2.24) is 5.32 Å². The fourth-order valence-corrected chi connectivity index (χ4v) is 3.68. The Morgan fingerprint density at radius 2 is 1.81 bits per heavy atom. The highest BCUT2D eigenvalue weighted by atomic mass is 16.5.